The monoisotopic (exact) mass is 322 g/mol. The number of carbonyl (C=O) groups excluding carboxylic acids is 2. The number of allylic oxidation sites excluding steroid dienone is 6. The van der Waals surface area contributed by atoms with Gasteiger partial charge in [0.2, 0.25) is 0 Å². The highest BCUT2D eigenvalue weighted by molar-refractivity contribution is 6.25. The lowest BCUT2D eigenvalue weighted by atomic mass is 9.76. The van der Waals surface area contributed by atoms with Crippen LogP contribution in [0.1, 0.15) is 58.4 Å². The van der Waals surface area contributed by atoms with Gasteiger partial charge < -0.3 is 0 Å². The summed E-state index contributed by atoms with van der Waals surface area (Å²) in [6, 6.07) is 10.1. The lowest BCUT2D eigenvalue weighted by Crippen LogP contribution is -2.24. The van der Waals surface area contributed by atoms with E-state index >= 15 is 0 Å². The molecule has 1 aliphatic rings. The minimum atomic E-state index is -0.0176. The number of carbonyl (C=O) groups is 2. The van der Waals surface area contributed by atoms with E-state index in [0.29, 0.717) is 22.3 Å². The third kappa shape index (κ3) is 3.64. The quantitative estimate of drug-likeness (QED) is 0.403. The maximum absolute atomic E-state index is 12.9. The predicted molar refractivity (Wildman–Crippen MR) is 98.9 cm³/mol. The molecule has 2 rings (SSSR count). The summed E-state index contributed by atoms with van der Waals surface area (Å²) >= 11 is 0. The Bertz CT molecular complexity index is 718. The average Bonchev–Trinajstić information content (AvgIpc) is 2.61. The Balaban J connectivity index is 2.43. The molecule has 0 radical (unpaired) electrons. The summed E-state index contributed by atoms with van der Waals surface area (Å²) in [7, 11) is 0. The zero-order valence-electron chi connectivity index (χ0n) is 15.1. The van der Waals surface area contributed by atoms with E-state index in [-0.39, 0.29) is 17.5 Å². The van der Waals surface area contributed by atoms with Gasteiger partial charge in [0, 0.05) is 28.2 Å². The number of ketones is 2. The molecule has 0 fully saturated rings. The molecule has 0 spiro atoms. The normalized spacial score (nSPS) is 17.2. The molecule has 24 heavy (non-hydrogen) atoms. The maximum Gasteiger partial charge on any atom is 0.186 e. The van der Waals surface area contributed by atoms with Gasteiger partial charge >= 0.3 is 0 Å². The van der Waals surface area contributed by atoms with Crippen LogP contribution in [0.5, 0.6) is 0 Å². The van der Waals surface area contributed by atoms with Crippen LogP contribution in [0.4, 0.5) is 0 Å². The van der Waals surface area contributed by atoms with E-state index in [9.17, 15) is 9.59 Å². The summed E-state index contributed by atoms with van der Waals surface area (Å²) in [5.74, 6) is 0.0249. The Kier molecular flexibility index (Phi) is 6.08. The number of hydrogen-bond donors (Lipinski definition) is 0. The number of hydrogen-bond acceptors (Lipinski definition) is 2. The number of benzene rings is 1. The van der Waals surface area contributed by atoms with Crippen LogP contribution in [0.25, 0.3) is 0 Å². The molecule has 0 saturated heterocycles. The fourth-order valence-electron chi connectivity index (χ4n) is 3.31. The fraction of sp³-hybridized carbons (Fsp3) is 0.364. The first-order valence-corrected chi connectivity index (χ1v) is 8.62. The maximum atomic E-state index is 12.9. The molecule has 0 amide bonds. The standard InChI is InChI=1S/C22H26O2/c1-5-6-7-11-14-19(18-12-9-8-10-13-18)20-17(4)21(23)15(2)16(3)22(20)24/h5-6,8-10,12-13,19H,7,11,14H2,1-4H3/b6-5-. The van der Waals surface area contributed by atoms with Gasteiger partial charge in [0.1, 0.15) is 0 Å². The Morgan fingerprint density at radius 3 is 2.17 bits per heavy atom. The molecule has 0 aliphatic heterocycles. The highest BCUT2D eigenvalue weighted by atomic mass is 16.1. The minimum Gasteiger partial charge on any atom is -0.289 e. The molecule has 2 heteroatoms. The van der Waals surface area contributed by atoms with Gasteiger partial charge in [0.05, 0.1) is 0 Å². The zero-order chi connectivity index (χ0) is 17.7. The van der Waals surface area contributed by atoms with Crippen LogP contribution in [0, 0.1) is 0 Å². The average molecular weight is 322 g/mol. The summed E-state index contributed by atoms with van der Waals surface area (Å²) in [6.07, 6.45) is 7.04. The first-order valence-electron chi connectivity index (χ1n) is 8.62. The molecule has 0 N–H and O–H groups in total. The van der Waals surface area contributed by atoms with Gasteiger partial charge in [0.25, 0.3) is 0 Å². The molecule has 2 nitrogen and oxygen atoms in total. The molecule has 0 aromatic heterocycles. The van der Waals surface area contributed by atoms with Crippen LogP contribution in [-0.4, -0.2) is 11.6 Å². The van der Waals surface area contributed by atoms with Gasteiger partial charge in [-0.25, -0.2) is 0 Å². The van der Waals surface area contributed by atoms with Crippen molar-refractivity contribution in [2.24, 2.45) is 0 Å². The molecule has 1 unspecified atom stereocenters. The Hall–Kier alpha value is -2.22. The summed E-state index contributed by atoms with van der Waals surface area (Å²) in [4.78, 5) is 25.4. The smallest absolute Gasteiger partial charge is 0.186 e. The molecule has 0 saturated carbocycles. The van der Waals surface area contributed by atoms with Crippen molar-refractivity contribution in [1.82, 2.24) is 0 Å². The SMILES string of the molecule is C/C=C\CCCC(C1=C(C)C(=O)C(C)=C(C)C1=O)c1ccccc1. The third-order valence-corrected chi connectivity index (χ3v) is 4.88. The highest BCUT2D eigenvalue weighted by Crippen LogP contribution is 2.37. The first kappa shape index (κ1) is 18.1. The van der Waals surface area contributed by atoms with Crippen molar-refractivity contribution < 1.29 is 9.59 Å². The Morgan fingerprint density at radius 2 is 1.54 bits per heavy atom. The van der Waals surface area contributed by atoms with Crippen molar-refractivity contribution in [3.63, 3.8) is 0 Å². The van der Waals surface area contributed by atoms with Gasteiger partial charge in [-0.1, -0.05) is 42.5 Å². The first-order chi connectivity index (χ1) is 11.5. The van der Waals surface area contributed by atoms with Gasteiger partial charge in [-0.2, -0.15) is 0 Å². The zero-order valence-corrected chi connectivity index (χ0v) is 15.1. The summed E-state index contributed by atoms with van der Waals surface area (Å²) in [5.41, 5.74) is 3.59. The van der Waals surface area contributed by atoms with Crippen molar-refractivity contribution in [3.05, 3.63) is 70.3 Å². The van der Waals surface area contributed by atoms with E-state index in [1.54, 1.807) is 20.8 Å². The third-order valence-electron chi connectivity index (χ3n) is 4.88. The highest BCUT2D eigenvalue weighted by Gasteiger charge is 2.32. The fourth-order valence-corrected chi connectivity index (χ4v) is 3.31. The van der Waals surface area contributed by atoms with Gasteiger partial charge in [-0.05, 0) is 52.5 Å². The van der Waals surface area contributed by atoms with E-state index < -0.39 is 0 Å². The van der Waals surface area contributed by atoms with Crippen LogP contribution < -0.4 is 0 Å². The second-order valence-electron chi connectivity index (χ2n) is 6.41. The van der Waals surface area contributed by atoms with E-state index in [1.165, 1.54) is 0 Å². The Labute approximate surface area is 145 Å². The minimum absolute atomic E-state index is 0.0106. The molecular weight excluding hydrogens is 296 g/mol. The van der Waals surface area contributed by atoms with Crippen molar-refractivity contribution in [2.45, 2.75) is 52.9 Å². The summed E-state index contributed by atoms with van der Waals surface area (Å²) in [6.45, 7) is 7.33. The van der Waals surface area contributed by atoms with Crippen molar-refractivity contribution in [1.29, 1.82) is 0 Å². The number of rotatable bonds is 6. The van der Waals surface area contributed by atoms with Crippen LogP contribution >= 0.6 is 0 Å². The molecule has 0 bridgehead atoms. The van der Waals surface area contributed by atoms with E-state index in [1.807, 2.05) is 31.2 Å². The van der Waals surface area contributed by atoms with Gasteiger partial charge in [0.15, 0.2) is 11.6 Å². The Morgan fingerprint density at radius 1 is 0.917 bits per heavy atom. The van der Waals surface area contributed by atoms with E-state index in [2.05, 4.69) is 18.2 Å². The molecule has 0 heterocycles. The molecule has 1 aliphatic carbocycles. The second kappa shape index (κ2) is 8.05. The van der Waals surface area contributed by atoms with Gasteiger partial charge in [-0.3, -0.25) is 9.59 Å². The molecule has 126 valence electrons. The van der Waals surface area contributed by atoms with Crippen molar-refractivity contribution in [2.75, 3.05) is 0 Å². The van der Waals surface area contributed by atoms with Crippen LogP contribution in [0.15, 0.2) is 64.8 Å². The van der Waals surface area contributed by atoms with Gasteiger partial charge in [-0.15, -0.1) is 0 Å². The lowest BCUT2D eigenvalue weighted by molar-refractivity contribution is -0.116. The molecular formula is C22H26O2. The summed E-state index contributed by atoms with van der Waals surface area (Å²) < 4.78 is 0. The van der Waals surface area contributed by atoms with E-state index in [0.717, 1.165) is 24.8 Å². The summed E-state index contributed by atoms with van der Waals surface area (Å²) in [5, 5.41) is 0. The number of Topliss-reactive ketones (excluding diaryl/α,β-unsaturated/α-hetero) is 2. The van der Waals surface area contributed by atoms with Crippen LogP contribution in [-0.2, 0) is 9.59 Å². The van der Waals surface area contributed by atoms with E-state index in [4.69, 9.17) is 0 Å². The molecule has 1 aromatic carbocycles. The largest absolute Gasteiger partial charge is 0.289 e. The van der Waals surface area contributed by atoms with Crippen molar-refractivity contribution >= 4 is 11.6 Å². The van der Waals surface area contributed by atoms with Crippen molar-refractivity contribution in [3.8, 4) is 0 Å². The van der Waals surface area contributed by atoms with Crippen LogP contribution in [0.2, 0.25) is 0 Å². The number of unbranched alkanes of at least 4 members (excludes halogenated alkanes) is 1. The lowest BCUT2D eigenvalue weighted by Gasteiger charge is -2.26. The predicted octanol–water partition coefficient (Wildman–Crippen LogP) is 5.32. The van der Waals surface area contributed by atoms with Crippen LogP contribution in [0.3, 0.4) is 0 Å². The second-order valence-corrected chi connectivity index (χ2v) is 6.41. The molecule has 1 atom stereocenters. The molecule has 1 aromatic rings. The topological polar surface area (TPSA) is 34.1 Å².